The van der Waals surface area contributed by atoms with E-state index in [2.05, 4.69) is 44.6 Å². The van der Waals surface area contributed by atoms with Gasteiger partial charge < -0.3 is 15.0 Å². The molecule has 3 heterocycles. The van der Waals surface area contributed by atoms with Gasteiger partial charge in [0.25, 0.3) is 0 Å². The highest BCUT2D eigenvalue weighted by atomic mass is 16.5. The van der Waals surface area contributed by atoms with E-state index in [1.807, 2.05) is 48.3 Å². The number of morpholine rings is 1. The Morgan fingerprint density at radius 2 is 1.87 bits per heavy atom. The first-order chi connectivity index (χ1) is 15.2. The van der Waals surface area contributed by atoms with E-state index < -0.39 is 0 Å². The molecule has 0 spiro atoms. The SMILES string of the molecule is Cn1ncc2cc(-c3ccnc(Nc4ccc(C#N)c(N5CCOCC5)c4)c3)ccc21. The molecule has 4 aromatic rings. The van der Waals surface area contributed by atoms with Crippen molar-refractivity contribution in [1.29, 1.82) is 5.26 Å². The molecule has 1 aliphatic heterocycles. The van der Waals surface area contributed by atoms with Crippen LogP contribution >= 0.6 is 0 Å². The number of ether oxygens (including phenoxy) is 1. The summed E-state index contributed by atoms with van der Waals surface area (Å²) in [4.78, 5) is 6.68. The lowest BCUT2D eigenvalue weighted by Crippen LogP contribution is -2.36. The van der Waals surface area contributed by atoms with Crippen LogP contribution in [0.25, 0.3) is 22.0 Å². The van der Waals surface area contributed by atoms with Crippen LogP contribution in [-0.4, -0.2) is 41.1 Å². The Balaban J connectivity index is 1.43. The maximum absolute atomic E-state index is 9.52. The lowest BCUT2D eigenvalue weighted by atomic mass is 10.1. The average molecular weight is 410 g/mol. The van der Waals surface area contributed by atoms with Crippen molar-refractivity contribution in [2.24, 2.45) is 7.05 Å². The Morgan fingerprint density at radius 3 is 2.71 bits per heavy atom. The molecule has 0 aliphatic carbocycles. The summed E-state index contributed by atoms with van der Waals surface area (Å²) in [5.74, 6) is 0.751. The highest BCUT2D eigenvalue weighted by Crippen LogP contribution is 2.29. The molecule has 0 saturated carbocycles. The third-order valence-electron chi connectivity index (χ3n) is 5.58. The van der Waals surface area contributed by atoms with E-state index in [4.69, 9.17) is 4.74 Å². The van der Waals surface area contributed by atoms with Gasteiger partial charge in [0.2, 0.25) is 0 Å². The number of rotatable bonds is 4. The molecule has 2 aromatic carbocycles. The second-order valence-electron chi connectivity index (χ2n) is 7.54. The highest BCUT2D eigenvalue weighted by molar-refractivity contribution is 5.85. The minimum Gasteiger partial charge on any atom is -0.378 e. The van der Waals surface area contributed by atoms with Crippen molar-refractivity contribution in [3.8, 4) is 17.2 Å². The van der Waals surface area contributed by atoms with Crippen LogP contribution in [0.1, 0.15) is 5.56 Å². The molecule has 2 aromatic heterocycles. The first kappa shape index (κ1) is 19.1. The first-order valence-corrected chi connectivity index (χ1v) is 10.2. The van der Waals surface area contributed by atoms with Gasteiger partial charge in [-0.3, -0.25) is 4.68 Å². The zero-order valence-electron chi connectivity index (χ0n) is 17.2. The molecule has 1 aliphatic rings. The fourth-order valence-corrected chi connectivity index (χ4v) is 3.94. The van der Waals surface area contributed by atoms with Gasteiger partial charge in [-0.25, -0.2) is 4.98 Å². The molecule has 7 heteroatoms. The molecule has 5 rings (SSSR count). The minimum atomic E-state index is 0.666. The van der Waals surface area contributed by atoms with E-state index >= 15 is 0 Å². The molecule has 0 amide bonds. The van der Waals surface area contributed by atoms with Gasteiger partial charge in [-0.2, -0.15) is 10.4 Å². The van der Waals surface area contributed by atoms with E-state index in [0.29, 0.717) is 18.8 Å². The molecule has 0 unspecified atom stereocenters. The summed E-state index contributed by atoms with van der Waals surface area (Å²) in [6.07, 6.45) is 3.68. The van der Waals surface area contributed by atoms with E-state index in [0.717, 1.165) is 52.3 Å². The Labute approximate surface area is 180 Å². The quantitative estimate of drug-likeness (QED) is 0.546. The number of nitriles is 1. The Hall–Kier alpha value is -3.89. The summed E-state index contributed by atoms with van der Waals surface area (Å²) in [5, 5.41) is 18.3. The molecule has 1 saturated heterocycles. The number of benzene rings is 2. The number of pyridine rings is 1. The van der Waals surface area contributed by atoms with Gasteiger partial charge in [-0.15, -0.1) is 0 Å². The molecule has 0 radical (unpaired) electrons. The Bertz CT molecular complexity index is 1280. The number of fused-ring (bicyclic) bond motifs is 1. The number of aromatic nitrogens is 3. The van der Waals surface area contributed by atoms with Crippen molar-refractivity contribution in [1.82, 2.24) is 14.8 Å². The van der Waals surface area contributed by atoms with Crippen molar-refractivity contribution in [3.05, 3.63) is 66.5 Å². The number of aryl methyl sites for hydroxylation is 1. The summed E-state index contributed by atoms with van der Waals surface area (Å²) < 4.78 is 7.32. The molecule has 0 atom stereocenters. The third-order valence-corrected chi connectivity index (χ3v) is 5.58. The Kier molecular flexibility index (Phi) is 4.98. The highest BCUT2D eigenvalue weighted by Gasteiger charge is 2.15. The predicted molar refractivity (Wildman–Crippen MR) is 121 cm³/mol. The second kappa shape index (κ2) is 8.09. The van der Waals surface area contributed by atoms with E-state index in [1.165, 1.54) is 0 Å². The molecule has 7 nitrogen and oxygen atoms in total. The van der Waals surface area contributed by atoms with Crippen LogP contribution in [0.2, 0.25) is 0 Å². The van der Waals surface area contributed by atoms with Gasteiger partial charge in [-0.05, 0) is 53.6 Å². The number of nitrogens with one attached hydrogen (secondary N) is 1. The van der Waals surface area contributed by atoms with Gasteiger partial charge in [0.15, 0.2) is 0 Å². The topological polar surface area (TPSA) is 79.0 Å². The standard InChI is InChI=1S/C24H22N6O/c1-29-22-5-3-17(12-20(22)16-27-29)18-6-7-26-24(13-18)28-21-4-2-19(15-25)23(14-21)30-8-10-31-11-9-30/h2-7,12-14,16H,8-11H2,1H3,(H,26,28). The summed E-state index contributed by atoms with van der Waals surface area (Å²) in [5.41, 5.74) is 5.77. The average Bonchev–Trinajstić information content (AvgIpc) is 3.20. The van der Waals surface area contributed by atoms with Crippen LogP contribution in [0.15, 0.2) is 60.9 Å². The third kappa shape index (κ3) is 3.81. The lowest BCUT2D eigenvalue weighted by Gasteiger charge is -2.29. The van der Waals surface area contributed by atoms with Gasteiger partial charge in [0.1, 0.15) is 11.9 Å². The van der Waals surface area contributed by atoms with Crippen LogP contribution < -0.4 is 10.2 Å². The molecule has 0 bridgehead atoms. The maximum Gasteiger partial charge on any atom is 0.130 e. The molecule has 1 N–H and O–H groups in total. The zero-order chi connectivity index (χ0) is 21.2. The summed E-state index contributed by atoms with van der Waals surface area (Å²) >= 11 is 0. The van der Waals surface area contributed by atoms with Crippen molar-refractivity contribution in [2.75, 3.05) is 36.5 Å². The fraction of sp³-hybridized carbons (Fsp3) is 0.208. The van der Waals surface area contributed by atoms with Gasteiger partial charge in [0, 0.05) is 37.4 Å². The lowest BCUT2D eigenvalue weighted by molar-refractivity contribution is 0.122. The van der Waals surface area contributed by atoms with Crippen molar-refractivity contribution in [2.45, 2.75) is 0 Å². The van der Waals surface area contributed by atoms with Crippen LogP contribution in [0.5, 0.6) is 0 Å². The monoisotopic (exact) mass is 410 g/mol. The van der Waals surface area contributed by atoms with Crippen molar-refractivity contribution in [3.63, 3.8) is 0 Å². The van der Waals surface area contributed by atoms with Crippen molar-refractivity contribution < 1.29 is 4.74 Å². The fourth-order valence-electron chi connectivity index (χ4n) is 3.94. The van der Waals surface area contributed by atoms with Crippen LogP contribution in [0, 0.1) is 11.3 Å². The van der Waals surface area contributed by atoms with Gasteiger partial charge in [-0.1, -0.05) is 6.07 Å². The summed E-state index contributed by atoms with van der Waals surface area (Å²) in [7, 11) is 1.94. The second-order valence-corrected chi connectivity index (χ2v) is 7.54. The Morgan fingerprint density at radius 1 is 1.03 bits per heavy atom. The van der Waals surface area contributed by atoms with Crippen molar-refractivity contribution >= 4 is 28.1 Å². The van der Waals surface area contributed by atoms with Crippen LogP contribution in [0.3, 0.4) is 0 Å². The first-order valence-electron chi connectivity index (χ1n) is 10.2. The smallest absolute Gasteiger partial charge is 0.130 e. The van der Waals surface area contributed by atoms with E-state index in [9.17, 15) is 5.26 Å². The van der Waals surface area contributed by atoms with Crippen LogP contribution in [-0.2, 0) is 11.8 Å². The number of nitrogens with zero attached hydrogens (tertiary/aromatic N) is 5. The number of anilines is 3. The minimum absolute atomic E-state index is 0.666. The molecule has 1 fully saturated rings. The maximum atomic E-state index is 9.52. The van der Waals surface area contributed by atoms with Gasteiger partial charge >= 0.3 is 0 Å². The largest absolute Gasteiger partial charge is 0.378 e. The summed E-state index contributed by atoms with van der Waals surface area (Å²) in [6, 6.07) is 18.4. The van der Waals surface area contributed by atoms with Crippen LogP contribution in [0.4, 0.5) is 17.2 Å². The zero-order valence-corrected chi connectivity index (χ0v) is 17.2. The predicted octanol–water partition coefficient (Wildman–Crippen LogP) is 4.09. The molecular weight excluding hydrogens is 388 g/mol. The van der Waals surface area contributed by atoms with E-state index in [-0.39, 0.29) is 0 Å². The number of hydrogen-bond acceptors (Lipinski definition) is 6. The molecular formula is C24H22N6O. The normalized spacial score (nSPS) is 13.9. The van der Waals surface area contributed by atoms with Gasteiger partial charge in [0.05, 0.1) is 36.2 Å². The van der Waals surface area contributed by atoms with E-state index in [1.54, 1.807) is 6.20 Å². The number of hydrogen-bond donors (Lipinski definition) is 1. The molecule has 154 valence electrons. The summed E-state index contributed by atoms with van der Waals surface area (Å²) in [6.45, 7) is 2.91. The molecule has 31 heavy (non-hydrogen) atoms.